The highest BCUT2D eigenvalue weighted by Crippen LogP contribution is 2.21. The molecule has 7 heteroatoms. The van der Waals surface area contributed by atoms with Gasteiger partial charge in [-0.05, 0) is 25.3 Å². The summed E-state index contributed by atoms with van der Waals surface area (Å²) < 4.78 is 2.14. The van der Waals surface area contributed by atoms with E-state index in [1.54, 1.807) is 12.4 Å². The van der Waals surface area contributed by atoms with E-state index in [1.807, 2.05) is 18.5 Å². The zero-order valence-corrected chi connectivity index (χ0v) is 13.6. The number of aromatic nitrogens is 4. The first-order valence-electron chi connectivity index (χ1n) is 8.62. The largest absolute Gasteiger partial charge is 0.351 e. The molecule has 0 spiro atoms. The zero-order valence-electron chi connectivity index (χ0n) is 13.6. The lowest BCUT2D eigenvalue weighted by atomic mass is 9.96. The predicted octanol–water partition coefficient (Wildman–Crippen LogP) is 1.02. The lowest BCUT2D eigenvalue weighted by Gasteiger charge is -2.33. The molecule has 1 N–H and O–H groups in total. The topological polar surface area (TPSA) is 75.9 Å². The highest BCUT2D eigenvalue weighted by molar-refractivity contribution is 5.79. The van der Waals surface area contributed by atoms with E-state index in [0.717, 1.165) is 50.5 Å². The van der Waals surface area contributed by atoms with Crippen LogP contribution in [-0.4, -0.2) is 44.6 Å². The highest BCUT2D eigenvalue weighted by Gasteiger charge is 2.29. The van der Waals surface area contributed by atoms with Crippen LogP contribution in [0.3, 0.4) is 0 Å². The van der Waals surface area contributed by atoms with Crippen LogP contribution in [0.15, 0.2) is 30.9 Å². The van der Waals surface area contributed by atoms with Crippen LogP contribution in [0.2, 0.25) is 0 Å². The van der Waals surface area contributed by atoms with Crippen LogP contribution in [0.1, 0.15) is 25.1 Å². The summed E-state index contributed by atoms with van der Waals surface area (Å²) in [5.41, 5.74) is 0. The van der Waals surface area contributed by atoms with Crippen molar-refractivity contribution in [3.8, 4) is 0 Å². The average Bonchev–Trinajstić information content (AvgIpc) is 3.10. The fraction of sp³-hybridized carbons (Fsp3) is 0.529. The molecule has 0 aliphatic carbocycles. The van der Waals surface area contributed by atoms with Crippen molar-refractivity contribution < 1.29 is 4.79 Å². The van der Waals surface area contributed by atoms with Gasteiger partial charge in [0.05, 0.1) is 5.92 Å². The first-order chi connectivity index (χ1) is 11.8. The maximum absolute atomic E-state index is 12.7. The molecular weight excluding hydrogens is 304 g/mol. The van der Waals surface area contributed by atoms with Crippen molar-refractivity contribution in [3.05, 3.63) is 36.7 Å². The Kier molecular flexibility index (Phi) is 4.15. The first-order valence-corrected chi connectivity index (χ1v) is 8.62. The molecule has 0 saturated carbocycles. The molecule has 24 heavy (non-hydrogen) atoms. The molecule has 2 aliphatic heterocycles. The fourth-order valence-electron chi connectivity index (χ4n) is 3.63. The van der Waals surface area contributed by atoms with Gasteiger partial charge in [-0.25, -0.2) is 15.0 Å². The van der Waals surface area contributed by atoms with E-state index in [1.165, 1.54) is 0 Å². The molecule has 1 saturated heterocycles. The van der Waals surface area contributed by atoms with Crippen LogP contribution in [-0.2, 0) is 17.8 Å². The third-order valence-electron chi connectivity index (χ3n) is 4.91. The normalized spacial score (nSPS) is 23.6. The van der Waals surface area contributed by atoms with Crippen LogP contribution in [0.4, 0.5) is 5.95 Å². The number of aryl methyl sites for hydroxylation is 1. The van der Waals surface area contributed by atoms with Crippen molar-refractivity contribution in [1.82, 2.24) is 24.8 Å². The molecule has 0 radical (unpaired) electrons. The summed E-state index contributed by atoms with van der Waals surface area (Å²) in [5, 5.41) is 3.24. The number of carbonyl (C=O) groups excluding carboxylic acids is 1. The Labute approximate surface area is 141 Å². The minimum absolute atomic E-state index is 0.00624. The van der Waals surface area contributed by atoms with Gasteiger partial charge in [-0.2, -0.15) is 0 Å². The molecule has 0 bridgehead atoms. The van der Waals surface area contributed by atoms with E-state index in [9.17, 15) is 4.79 Å². The SMILES string of the molecule is O=C(N[C@@H]1CCc2nccn2C1)[C@@H]1CCCN(c2ncccn2)C1. The maximum Gasteiger partial charge on any atom is 0.225 e. The number of piperidine rings is 1. The van der Waals surface area contributed by atoms with Gasteiger partial charge in [0.2, 0.25) is 11.9 Å². The van der Waals surface area contributed by atoms with Crippen LogP contribution in [0.5, 0.6) is 0 Å². The molecule has 2 aliphatic rings. The van der Waals surface area contributed by atoms with Gasteiger partial charge in [-0.1, -0.05) is 0 Å². The van der Waals surface area contributed by atoms with Crippen molar-refractivity contribution in [2.75, 3.05) is 18.0 Å². The van der Waals surface area contributed by atoms with Gasteiger partial charge in [0.1, 0.15) is 5.82 Å². The molecule has 7 nitrogen and oxygen atoms in total. The quantitative estimate of drug-likeness (QED) is 0.911. The predicted molar refractivity (Wildman–Crippen MR) is 89.4 cm³/mol. The third kappa shape index (κ3) is 3.11. The van der Waals surface area contributed by atoms with E-state index in [4.69, 9.17) is 0 Å². The summed E-state index contributed by atoms with van der Waals surface area (Å²) >= 11 is 0. The van der Waals surface area contributed by atoms with Crippen molar-refractivity contribution >= 4 is 11.9 Å². The highest BCUT2D eigenvalue weighted by atomic mass is 16.2. The number of nitrogens with zero attached hydrogens (tertiary/aromatic N) is 5. The van der Waals surface area contributed by atoms with E-state index in [-0.39, 0.29) is 17.9 Å². The van der Waals surface area contributed by atoms with Crippen molar-refractivity contribution in [3.63, 3.8) is 0 Å². The number of hydrogen-bond donors (Lipinski definition) is 1. The molecule has 1 fully saturated rings. The Morgan fingerprint density at radius 2 is 2.00 bits per heavy atom. The van der Waals surface area contributed by atoms with Gasteiger partial charge < -0.3 is 14.8 Å². The Hall–Kier alpha value is -2.44. The van der Waals surface area contributed by atoms with Crippen molar-refractivity contribution in [1.29, 1.82) is 0 Å². The van der Waals surface area contributed by atoms with Gasteiger partial charge in [0, 0.05) is 56.9 Å². The molecule has 0 aromatic carbocycles. The van der Waals surface area contributed by atoms with Crippen LogP contribution < -0.4 is 10.2 Å². The fourth-order valence-corrected chi connectivity index (χ4v) is 3.63. The second kappa shape index (κ2) is 6.59. The Morgan fingerprint density at radius 3 is 2.88 bits per heavy atom. The van der Waals surface area contributed by atoms with Gasteiger partial charge in [0.15, 0.2) is 0 Å². The summed E-state index contributed by atoms with van der Waals surface area (Å²) in [4.78, 5) is 27.7. The number of hydrogen-bond acceptors (Lipinski definition) is 5. The maximum atomic E-state index is 12.7. The summed E-state index contributed by atoms with van der Waals surface area (Å²) in [6, 6.07) is 2.01. The number of rotatable bonds is 3. The average molecular weight is 326 g/mol. The second-order valence-electron chi connectivity index (χ2n) is 6.57. The van der Waals surface area contributed by atoms with Gasteiger partial charge in [0.25, 0.3) is 0 Å². The Bertz CT molecular complexity index is 700. The smallest absolute Gasteiger partial charge is 0.225 e. The zero-order chi connectivity index (χ0) is 16.4. The summed E-state index contributed by atoms with van der Waals surface area (Å²) in [7, 11) is 0. The van der Waals surface area contributed by atoms with Crippen molar-refractivity contribution in [2.24, 2.45) is 5.92 Å². The van der Waals surface area contributed by atoms with Crippen LogP contribution in [0, 0.1) is 5.92 Å². The lowest BCUT2D eigenvalue weighted by Crippen LogP contribution is -2.48. The standard InChI is InChI=1S/C17H22N6O/c24-16(21-14-4-5-15-18-8-10-22(15)12-14)13-3-1-9-23(11-13)17-19-6-2-7-20-17/h2,6-8,10,13-14H,1,3-5,9,11-12H2,(H,21,24)/t13-,14-/m1/s1. The molecular formula is C17H22N6O. The van der Waals surface area contributed by atoms with Crippen LogP contribution >= 0.6 is 0 Å². The first kappa shape index (κ1) is 15.1. The summed E-state index contributed by atoms with van der Waals surface area (Å²) in [5.74, 6) is 2.00. The monoisotopic (exact) mass is 326 g/mol. The van der Waals surface area contributed by atoms with Gasteiger partial charge in [-0.15, -0.1) is 0 Å². The lowest BCUT2D eigenvalue weighted by molar-refractivity contribution is -0.126. The molecule has 2 atom stereocenters. The minimum Gasteiger partial charge on any atom is -0.351 e. The summed E-state index contributed by atoms with van der Waals surface area (Å²) in [6.45, 7) is 2.42. The van der Waals surface area contributed by atoms with Crippen LogP contribution in [0.25, 0.3) is 0 Å². The third-order valence-corrected chi connectivity index (χ3v) is 4.91. The van der Waals surface area contributed by atoms with E-state index >= 15 is 0 Å². The second-order valence-corrected chi connectivity index (χ2v) is 6.57. The summed E-state index contributed by atoms with van der Waals surface area (Å²) in [6.07, 6.45) is 11.1. The molecule has 4 rings (SSSR count). The molecule has 2 aromatic rings. The number of nitrogens with one attached hydrogen (secondary N) is 1. The van der Waals surface area contributed by atoms with E-state index in [2.05, 4.69) is 29.7 Å². The molecule has 4 heterocycles. The van der Waals surface area contributed by atoms with Gasteiger partial charge >= 0.3 is 0 Å². The van der Waals surface area contributed by atoms with Crippen molar-refractivity contribution in [2.45, 2.75) is 38.3 Å². The molecule has 0 unspecified atom stereocenters. The Balaban J connectivity index is 1.36. The number of fused-ring (bicyclic) bond motifs is 1. The van der Waals surface area contributed by atoms with E-state index < -0.39 is 0 Å². The molecule has 2 aromatic heterocycles. The van der Waals surface area contributed by atoms with Gasteiger partial charge in [-0.3, -0.25) is 4.79 Å². The van der Waals surface area contributed by atoms with E-state index in [0.29, 0.717) is 6.54 Å². The minimum atomic E-state index is 0.00624. The number of anilines is 1. The molecule has 126 valence electrons. The number of imidazole rings is 1. The number of amides is 1. The Morgan fingerprint density at radius 1 is 1.12 bits per heavy atom. The number of carbonyl (C=O) groups is 1. The molecule has 1 amide bonds.